The van der Waals surface area contributed by atoms with Crippen molar-refractivity contribution in [3.8, 4) is 11.5 Å². The van der Waals surface area contributed by atoms with Crippen molar-refractivity contribution in [2.75, 3.05) is 19.1 Å². The monoisotopic (exact) mass is 391 g/mol. The molecule has 0 bridgehead atoms. The lowest BCUT2D eigenvalue weighted by Gasteiger charge is -2.15. The fourth-order valence-corrected chi connectivity index (χ4v) is 3.88. The fraction of sp³-hybridized carbons (Fsp3) is 0.111. The zero-order chi connectivity index (χ0) is 18.0. The van der Waals surface area contributed by atoms with Gasteiger partial charge in [-0.3, -0.25) is 9.69 Å². The summed E-state index contributed by atoms with van der Waals surface area (Å²) in [4.78, 5) is 14.8. The molecular formula is C18H14ClNO3S2. The normalized spacial score (nSPS) is 15.8. The maximum Gasteiger partial charge on any atom is 0.270 e. The maximum absolute atomic E-state index is 12.8. The summed E-state index contributed by atoms with van der Waals surface area (Å²) in [5.74, 6) is 1.08. The number of methoxy groups -OCH3 is 2. The third-order valence-corrected chi connectivity index (χ3v) is 5.24. The van der Waals surface area contributed by atoms with Crippen molar-refractivity contribution >= 4 is 57.6 Å². The van der Waals surface area contributed by atoms with Crippen LogP contribution in [0.3, 0.4) is 0 Å². The van der Waals surface area contributed by atoms with E-state index in [1.165, 1.54) is 16.7 Å². The Morgan fingerprint density at radius 1 is 1.16 bits per heavy atom. The van der Waals surface area contributed by atoms with Crippen molar-refractivity contribution in [1.82, 2.24) is 0 Å². The number of hydrogen-bond acceptors (Lipinski definition) is 5. The molecule has 1 fully saturated rings. The molecule has 7 heteroatoms. The Morgan fingerprint density at radius 2 is 1.92 bits per heavy atom. The van der Waals surface area contributed by atoms with Gasteiger partial charge in [0.15, 0.2) is 4.32 Å². The molecule has 0 radical (unpaired) electrons. The highest BCUT2D eigenvalue weighted by Crippen LogP contribution is 2.39. The zero-order valence-corrected chi connectivity index (χ0v) is 15.9. The van der Waals surface area contributed by atoms with Crippen molar-refractivity contribution in [2.24, 2.45) is 0 Å². The first-order chi connectivity index (χ1) is 12.0. The van der Waals surface area contributed by atoms with Crippen molar-refractivity contribution in [2.45, 2.75) is 0 Å². The summed E-state index contributed by atoms with van der Waals surface area (Å²) in [6.45, 7) is 0. The molecule has 1 aliphatic heterocycles. The smallest absolute Gasteiger partial charge is 0.270 e. The van der Waals surface area contributed by atoms with Crippen LogP contribution in [0.2, 0.25) is 5.02 Å². The summed E-state index contributed by atoms with van der Waals surface area (Å²) in [6, 6.07) is 12.5. The molecule has 1 aliphatic rings. The molecule has 0 unspecified atom stereocenters. The number of benzene rings is 2. The molecule has 1 heterocycles. The minimum Gasteiger partial charge on any atom is -0.497 e. The van der Waals surface area contributed by atoms with Gasteiger partial charge in [0.05, 0.1) is 29.8 Å². The summed E-state index contributed by atoms with van der Waals surface area (Å²) in [5.41, 5.74) is 1.35. The minimum absolute atomic E-state index is 0.207. The van der Waals surface area contributed by atoms with Gasteiger partial charge in [0, 0.05) is 11.6 Å². The van der Waals surface area contributed by atoms with Crippen LogP contribution in [0, 0.1) is 0 Å². The van der Waals surface area contributed by atoms with E-state index in [0.717, 1.165) is 5.56 Å². The van der Waals surface area contributed by atoms with Crippen LogP contribution in [0.4, 0.5) is 5.69 Å². The molecule has 1 saturated heterocycles. The first-order valence-corrected chi connectivity index (χ1v) is 8.90. The molecule has 128 valence electrons. The van der Waals surface area contributed by atoms with E-state index < -0.39 is 0 Å². The standard InChI is InChI=1S/C18H14ClNO3S2/c1-22-12-8-7-11(15(10-12)23-2)9-16-17(21)20(18(24)25-16)14-6-4-3-5-13(14)19/h3-10H,1-2H3/b16-9+. The van der Waals surface area contributed by atoms with E-state index in [4.69, 9.17) is 33.3 Å². The molecule has 0 saturated carbocycles. The van der Waals surface area contributed by atoms with Crippen LogP contribution in [0.25, 0.3) is 6.08 Å². The van der Waals surface area contributed by atoms with E-state index in [1.54, 1.807) is 38.5 Å². The molecule has 1 amide bonds. The van der Waals surface area contributed by atoms with Gasteiger partial charge in [-0.2, -0.15) is 0 Å². The number of amides is 1. The average molecular weight is 392 g/mol. The van der Waals surface area contributed by atoms with E-state index in [1.807, 2.05) is 24.3 Å². The van der Waals surface area contributed by atoms with Crippen LogP contribution in [0.1, 0.15) is 5.56 Å². The number of para-hydroxylation sites is 1. The summed E-state index contributed by atoms with van der Waals surface area (Å²) >= 11 is 12.8. The Kier molecular flexibility index (Phi) is 5.32. The summed E-state index contributed by atoms with van der Waals surface area (Å²) < 4.78 is 11.0. The number of carbonyl (C=O) groups is 1. The van der Waals surface area contributed by atoms with Crippen LogP contribution in [-0.2, 0) is 4.79 Å². The molecule has 2 aromatic rings. The number of thiocarbonyl (C=S) groups is 1. The topological polar surface area (TPSA) is 38.8 Å². The molecule has 3 rings (SSSR count). The Bertz CT molecular complexity index is 882. The zero-order valence-electron chi connectivity index (χ0n) is 13.5. The number of carbonyl (C=O) groups excluding carboxylic acids is 1. The number of rotatable bonds is 4. The van der Waals surface area contributed by atoms with E-state index in [2.05, 4.69) is 0 Å². The van der Waals surface area contributed by atoms with E-state index in [9.17, 15) is 4.79 Å². The first kappa shape index (κ1) is 17.8. The summed E-state index contributed by atoms with van der Waals surface area (Å²) in [7, 11) is 3.16. The Balaban J connectivity index is 1.97. The van der Waals surface area contributed by atoms with E-state index in [-0.39, 0.29) is 5.91 Å². The highest BCUT2D eigenvalue weighted by Gasteiger charge is 2.34. The van der Waals surface area contributed by atoms with Gasteiger partial charge in [-0.25, -0.2) is 0 Å². The second-order valence-corrected chi connectivity index (χ2v) is 7.16. The highest BCUT2D eigenvalue weighted by atomic mass is 35.5. The van der Waals surface area contributed by atoms with Crippen LogP contribution >= 0.6 is 35.6 Å². The van der Waals surface area contributed by atoms with Crippen molar-refractivity contribution in [3.05, 3.63) is 58.0 Å². The van der Waals surface area contributed by atoms with Gasteiger partial charge in [-0.1, -0.05) is 47.7 Å². The molecule has 0 aromatic heterocycles. The maximum atomic E-state index is 12.8. The number of thioether (sulfide) groups is 1. The Hall–Kier alpha value is -2.02. The quantitative estimate of drug-likeness (QED) is 0.554. The lowest BCUT2D eigenvalue weighted by molar-refractivity contribution is -0.113. The minimum atomic E-state index is -0.207. The lowest BCUT2D eigenvalue weighted by Crippen LogP contribution is -2.27. The van der Waals surface area contributed by atoms with Gasteiger partial charge in [0.1, 0.15) is 11.5 Å². The Morgan fingerprint density at radius 3 is 2.60 bits per heavy atom. The van der Waals surface area contributed by atoms with Crippen LogP contribution in [-0.4, -0.2) is 24.4 Å². The average Bonchev–Trinajstić information content (AvgIpc) is 2.89. The van der Waals surface area contributed by atoms with Gasteiger partial charge >= 0.3 is 0 Å². The van der Waals surface area contributed by atoms with Crippen LogP contribution in [0.5, 0.6) is 11.5 Å². The predicted octanol–water partition coefficient (Wildman–Crippen LogP) is 4.76. The second-order valence-electron chi connectivity index (χ2n) is 5.08. The molecule has 4 nitrogen and oxygen atoms in total. The highest BCUT2D eigenvalue weighted by molar-refractivity contribution is 8.27. The number of hydrogen-bond donors (Lipinski definition) is 0. The first-order valence-electron chi connectivity index (χ1n) is 7.29. The Labute approximate surface area is 160 Å². The summed E-state index contributed by atoms with van der Waals surface area (Å²) in [5, 5.41) is 0.474. The fourth-order valence-electron chi connectivity index (χ4n) is 2.39. The molecule has 2 aromatic carbocycles. The van der Waals surface area contributed by atoms with Crippen molar-refractivity contribution in [3.63, 3.8) is 0 Å². The van der Waals surface area contributed by atoms with Gasteiger partial charge in [-0.05, 0) is 30.3 Å². The molecule has 0 N–H and O–H groups in total. The molecule has 0 atom stereocenters. The van der Waals surface area contributed by atoms with Gasteiger partial charge in [0.25, 0.3) is 5.91 Å². The number of halogens is 1. The molecule has 0 aliphatic carbocycles. The third kappa shape index (κ3) is 3.51. The van der Waals surface area contributed by atoms with Crippen molar-refractivity contribution < 1.29 is 14.3 Å². The molecule has 25 heavy (non-hydrogen) atoms. The van der Waals surface area contributed by atoms with Crippen LogP contribution in [0.15, 0.2) is 47.4 Å². The lowest BCUT2D eigenvalue weighted by atomic mass is 10.1. The van der Waals surface area contributed by atoms with Crippen molar-refractivity contribution in [1.29, 1.82) is 0 Å². The largest absolute Gasteiger partial charge is 0.497 e. The van der Waals surface area contributed by atoms with Crippen LogP contribution < -0.4 is 14.4 Å². The molecular weight excluding hydrogens is 378 g/mol. The third-order valence-electron chi connectivity index (χ3n) is 3.61. The number of nitrogens with zero attached hydrogens (tertiary/aromatic N) is 1. The second kappa shape index (κ2) is 7.47. The number of anilines is 1. The SMILES string of the molecule is COc1ccc(/C=C2/SC(=S)N(c3ccccc3Cl)C2=O)c(OC)c1. The van der Waals surface area contributed by atoms with E-state index in [0.29, 0.717) is 31.4 Å². The molecule has 0 spiro atoms. The number of ether oxygens (including phenoxy) is 2. The van der Waals surface area contributed by atoms with Gasteiger partial charge in [0.2, 0.25) is 0 Å². The van der Waals surface area contributed by atoms with E-state index >= 15 is 0 Å². The van der Waals surface area contributed by atoms with Gasteiger partial charge in [-0.15, -0.1) is 0 Å². The van der Waals surface area contributed by atoms with Gasteiger partial charge < -0.3 is 9.47 Å². The predicted molar refractivity (Wildman–Crippen MR) is 107 cm³/mol. The summed E-state index contributed by atoms with van der Waals surface area (Å²) in [6.07, 6.45) is 1.76.